The Morgan fingerprint density at radius 3 is 2.73 bits per heavy atom. The molecule has 1 aliphatic heterocycles. The van der Waals surface area contributed by atoms with Crippen LogP contribution < -0.4 is 10.6 Å². The van der Waals surface area contributed by atoms with Gasteiger partial charge in [0.05, 0.1) is 19.8 Å². The lowest BCUT2D eigenvalue weighted by Gasteiger charge is -2.13. The van der Waals surface area contributed by atoms with Crippen LogP contribution in [0, 0.1) is 5.92 Å². The summed E-state index contributed by atoms with van der Waals surface area (Å²) >= 11 is 0. The highest BCUT2D eigenvalue weighted by molar-refractivity contribution is 14.0. The number of alkyl halides is 3. The number of nitrogens with one attached hydrogen (secondary N) is 2. The Kier molecular flexibility index (Phi) is 13.3. The van der Waals surface area contributed by atoms with Crippen LogP contribution in [-0.4, -0.2) is 58.8 Å². The van der Waals surface area contributed by atoms with E-state index in [0.29, 0.717) is 30.6 Å². The van der Waals surface area contributed by atoms with Crippen LogP contribution in [0.2, 0.25) is 0 Å². The van der Waals surface area contributed by atoms with Crippen LogP contribution in [0.3, 0.4) is 0 Å². The van der Waals surface area contributed by atoms with E-state index < -0.39 is 12.8 Å². The maximum atomic E-state index is 12.2. The fraction of sp³-hybridized carbons (Fsp3) is 0.650. The molecule has 1 aromatic rings. The molecule has 6 nitrogen and oxygen atoms in total. The lowest BCUT2D eigenvalue weighted by molar-refractivity contribution is -0.176. The molecule has 0 saturated carbocycles. The van der Waals surface area contributed by atoms with E-state index in [2.05, 4.69) is 15.6 Å². The van der Waals surface area contributed by atoms with E-state index in [0.717, 1.165) is 44.8 Å². The van der Waals surface area contributed by atoms with Crippen LogP contribution in [0.5, 0.6) is 0 Å². The maximum Gasteiger partial charge on any atom is 0.411 e. The van der Waals surface area contributed by atoms with E-state index in [9.17, 15) is 13.2 Å². The Labute approximate surface area is 193 Å². The van der Waals surface area contributed by atoms with Gasteiger partial charge in [-0.05, 0) is 24.0 Å². The fourth-order valence-electron chi connectivity index (χ4n) is 2.87. The third-order valence-electron chi connectivity index (χ3n) is 4.34. The molecule has 0 bridgehead atoms. The van der Waals surface area contributed by atoms with Crippen molar-refractivity contribution in [3.63, 3.8) is 0 Å². The topological polar surface area (TPSA) is 64.1 Å². The number of nitrogens with zero attached hydrogens (tertiary/aromatic N) is 1. The molecule has 1 atom stereocenters. The van der Waals surface area contributed by atoms with Crippen LogP contribution in [0.1, 0.15) is 24.0 Å². The number of guanidine groups is 1. The number of ether oxygens (including phenoxy) is 3. The van der Waals surface area contributed by atoms with Crippen molar-refractivity contribution in [3.8, 4) is 0 Å². The highest BCUT2D eigenvalue weighted by Crippen LogP contribution is 2.16. The fourth-order valence-corrected chi connectivity index (χ4v) is 2.87. The average Bonchev–Trinajstić information content (AvgIpc) is 3.19. The first-order valence-electron chi connectivity index (χ1n) is 9.78. The van der Waals surface area contributed by atoms with Gasteiger partial charge in [0.15, 0.2) is 5.96 Å². The molecule has 0 radical (unpaired) electrons. The summed E-state index contributed by atoms with van der Waals surface area (Å²) in [7, 11) is 1.69. The second-order valence-corrected chi connectivity index (χ2v) is 6.94. The summed E-state index contributed by atoms with van der Waals surface area (Å²) in [5, 5.41) is 6.41. The third kappa shape index (κ3) is 11.9. The van der Waals surface area contributed by atoms with E-state index in [1.807, 2.05) is 12.1 Å². The Hall–Kier alpha value is -1.11. The zero-order chi connectivity index (χ0) is 21.0. The second-order valence-electron chi connectivity index (χ2n) is 6.94. The maximum absolute atomic E-state index is 12.2. The van der Waals surface area contributed by atoms with Gasteiger partial charge in [0, 0.05) is 39.3 Å². The number of hydrogen-bond donors (Lipinski definition) is 2. The zero-order valence-corrected chi connectivity index (χ0v) is 19.5. The summed E-state index contributed by atoms with van der Waals surface area (Å²) in [4.78, 5) is 4.17. The van der Waals surface area contributed by atoms with Gasteiger partial charge in [0.2, 0.25) is 0 Å². The molecule has 1 aliphatic rings. The predicted molar refractivity (Wildman–Crippen MR) is 120 cm³/mol. The molecule has 10 heteroatoms. The molecule has 1 fully saturated rings. The largest absolute Gasteiger partial charge is 0.411 e. The van der Waals surface area contributed by atoms with Gasteiger partial charge < -0.3 is 24.8 Å². The van der Waals surface area contributed by atoms with Gasteiger partial charge in [-0.25, -0.2) is 0 Å². The molecule has 0 spiro atoms. The quantitative estimate of drug-likeness (QED) is 0.193. The van der Waals surface area contributed by atoms with Gasteiger partial charge in [-0.1, -0.05) is 24.3 Å². The summed E-state index contributed by atoms with van der Waals surface area (Å²) in [5.74, 6) is 1.18. The summed E-state index contributed by atoms with van der Waals surface area (Å²) in [6.07, 6.45) is -2.38. The summed E-state index contributed by atoms with van der Waals surface area (Å²) in [5.41, 5.74) is 1.63. The first-order valence-corrected chi connectivity index (χ1v) is 9.78. The van der Waals surface area contributed by atoms with Crippen molar-refractivity contribution in [1.29, 1.82) is 0 Å². The minimum Gasteiger partial charge on any atom is -0.381 e. The smallest absolute Gasteiger partial charge is 0.381 e. The standard InChI is InChI=1S/C20H30F3N3O3.HI/c1-24-19(25-7-3-8-27-13-18-6-9-28-14-18)26-11-16-4-2-5-17(10-16)12-29-15-20(21,22)23;/h2,4-5,10,18H,3,6-9,11-15H2,1H3,(H2,24,25,26);1H. The first-order chi connectivity index (χ1) is 14.0. The molecule has 172 valence electrons. The normalized spacial score (nSPS) is 16.9. The van der Waals surface area contributed by atoms with Crippen molar-refractivity contribution in [2.45, 2.75) is 32.2 Å². The van der Waals surface area contributed by atoms with E-state index >= 15 is 0 Å². The monoisotopic (exact) mass is 545 g/mol. The van der Waals surface area contributed by atoms with Gasteiger partial charge in [0.1, 0.15) is 6.61 Å². The number of benzene rings is 1. The minimum atomic E-state index is -4.31. The Morgan fingerprint density at radius 2 is 2.03 bits per heavy atom. The molecule has 0 aliphatic carbocycles. The van der Waals surface area contributed by atoms with Crippen LogP contribution in [-0.2, 0) is 27.4 Å². The molecule has 1 aromatic carbocycles. The molecular weight excluding hydrogens is 514 g/mol. The SMILES string of the molecule is CN=C(NCCCOCC1CCOC1)NCc1cccc(COCC(F)(F)F)c1.I. The Bertz CT molecular complexity index is 627. The molecule has 1 heterocycles. The van der Waals surface area contributed by atoms with Crippen molar-refractivity contribution in [2.75, 3.05) is 46.6 Å². The first kappa shape index (κ1) is 26.9. The van der Waals surface area contributed by atoms with Crippen molar-refractivity contribution in [3.05, 3.63) is 35.4 Å². The van der Waals surface area contributed by atoms with E-state index in [1.54, 1.807) is 19.2 Å². The summed E-state index contributed by atoms with van der Waals surface area (Å²) < 4.78 is 52.2. The summed E-state index contributed by atoms with van der Waals surface area (Å²) in [6, 6.07) is 7.25. The number of halogens is 4. The van der Waals surface area contributed by atoms with E-state index in [4.69, 9.17) is 14.2 Å². The minimum absolute atomic E-state index is 0. The molecule has 1 saturated heterocycles. The number of rotatable bonds is 11. The molecule has 0 aromatic heterocycles. The Morgan fingerprint density at radius 1 is 1.23 bits per heavy atom. The lowest BCUT2D eigenvalue weighted by Crippen LogP contribution is -2.37. The molecule has 2 rings (SSSR count). The van der Waals surface area contributed by atoms with Crippen LogP contribution >= 0.6 is 24.0 Å². The van der Waals surface area contributed by atoms with E-state index in [-0.39, 0.29) is 30.6 Å². The lowest BCUT2D eigenvalue weighted by atomic mass is 10.1. The van der Waals surface area contributed by atoms with E-state index in [1.165, 1.54) is 0 Å². The van der Waals surface area contributed by atoms with Crippen LogP contribution in [0.25, 0.3) is 0 Å². The van der Waals surface area contributed by atoms with Crippen LogP contribution in [0.15, 0.2) is 29.3 Å². The number of aliphatic imine (C=N–C) groups is 1. The highest BCUT2D eigenvalue weighted by atomic mass is 127. The molecule has 2 N–H and O–H groups in total. The molecule has 0 amide bonds. The van der Waals surface area contributed by atoms with Crippen molar-refractivity contribution in [2.24, 2.45) is 10.9 Å². The highest BCUT2D eigenvalue weighted by Gasteiger charge is 2.27. The van der Waals surface area contributed by atoms with Gasteiger partial charge in [0.25, 0.3) is 0 Å². The second kappa shape index (κ2) is 14.8. The predicted octanol–water partition coefficient (Wildman–Crippen LogP) is 3.49. The average molecular weight is 545 g/mol. The zero-order valence-electron chi connectivity index (χ0n) is 17.2. The van der Waals surface area contributed by atoms with Gasteiger partial charge in [-0.2, -0.15) is 13.2 Å². The van der Waals surface area contributed by atoms with Crippen LogP contribution in [0.4, 0.5) is 13.2 Å². The van der Waals surface area contributed by atoms with Gasteiger partial charge in [-0.15, -0.1) is 24.0 Å². The van der Waals surface area contributed by atoms with Crippen molar-refractivity contribution in [1.82, 2.24) is 10.6 Å². The third-order valence-corrected chi connectivity index (χ3v) is 4.34. The van der Waals surface area contributed by atoms with Gasteiger partial charge in [-0.3, -0.25) is 4.99 Å². The van der Waals surface area contributed by atoms with Crippen molar-refractivity contribution < 1.29 is 27.4 Å². The summed E-state index contributed by atoms with van der Waals surface area (Å²) in [6.45, 7) is 2.97. The number of hydrogen-bond acceptors (Lipinski definition) is 4. The Balaban J connectivity index is 0.00000450. The molecule has 30 heavy (non-hydrogen) atoms. The van der Waals surface area contributed by atoms with Crippen molar-refractivity contribution >= 4 is 29.9 Å². The van der Waals surface area contributed by atoms with Gasteiger partial charge >= 0.3 is 6.18 Å². The molecule has 1 unspecified atom stereocenters. The molecular formula is C20H31F3IN3O3.